The van der Waals surface area contributed by atoms with Gasteiger partial charge in [0, 0.05) is 63.0 Å². The Morgan fingerprint density at radius 3 is 2.47 bits per heavy atom. The first-order valence-corrected chi connectivity index (χ1v) is 17.5. The first-order valence-electron chi connectivity index (χ1n) is 17.5. The largest absolute Gasteiger partial charge is 0.483 e. The molecule has 2 fully saturated rings. The fourth-order valence-corrected chi connectivity index (χ4v) is 6.42. The van der Waals surface area contributed by atoms with Crippen molar-refractivity contribution in [2.75, 3.05) is 45.9 Å². The zero-order valence-corrected chi connectivity index (χ0v) is 29.4. The van der Waals surface area contributed by atoms with Crippen LogP contribution in [0.1, 0.15) is 78.7 Å². The standard InChI is InChI=1S/C37H46N6O8/c1-4-5-17-50-37(49)42-15-13-41(14-16-42)36(48)28(10-11-34(45)46)40-35(47)30-20-32(27-9-8-24(2)19-29(27)39-30)51-23-33(44)43-12-6-7-31(43)26-18-25(3)21-38-22-26/h8-9,18-22,28,31H,4-7,10-17,23H2,1-3H3,(H,40,47)(H,45,46)/t28-,31-/m0/s1. The van der Waals surface area contributed by atoms with Gasteiger partial charge in [0.2, 0.25) is 5.91 Å². The molecule has 0 unspecified atom stereocenters. The summed E-state index contributed by atoms with van der Waals surface area (Å²) in [7, 11) is 0. The average molecular weight is 703 g/mol. The fraction of sp³-hybridized carbons (Fsp3) is 0.486. The highest BCUT2D eigenvalue weighted by Gasteiger charge is 2.33. The number of likely N-dealkylation sites (tertiary alicyclic amines) is 1. The summed E-state index contributed by atoms with van der Waals surface area (Å²) in [6.45, 7) is 7.42. The minimum atomic E-state index is -1.15. The number of carboxylic acids is 1. The summed E-state index contributed by atoms with van der Waals surface area (Å²) >= 11 is 0. The van der Waals surface area contributed by atoms with E-state index in [4.69, 9.17) is 9.47 Å². The number of benzene rings is 1. The molecule has 0 spiro atoms. The maximum atomic E-state index is 13.7. The molecule has 1 aromatic carbocycles. The van der Waals surface area contributed by atoms with Crippen molar-refractivity contribution in [2.24, 2.45) is 0 Å². The number of carboxylic acid groups (broad SMARTS) is 1. The maximum Gasteiger partial charge on any atom is 0.409 e. The van der Waals surface area contributed by atoms with E-state index >= 15 is 0 Å². The monoisotopic (exact) mass is 702 g/mol. The lowest BCUT2D eigenvalue weighted by Gasteiger charge is -2.36. The van der Waals surface area contributed by atoms with E-state index in [1.54, 1.807) is 23.4 Å². The zero-order valence-electron chi connectivity index (χ0n) is 29.4. The Balaban J connectivity index is 1.30. The van der Waals surface area contributed by atoms with Crippen molar-refractivity contribution in [3.63, 3.8) is 0 Å². The molecule has 3 aromatic rings. The summed E-state index contributed by atoms with van der Waals surface area (Å²) in [6.07, 6.45) is 5.97. The van der Waals surface area contributed by atoms with E-state index in [0.29, 0.717) is 24.1 Å². The van der Waals surface area contributed by atoms with Crippen LogP contribution < -0.4 is 10.1 Å². The molecule has 4 heterocycles. The Kier molecular flexibility index (Phi) is 12.4. The predicted octanol–water partition coefficient (Wildman–Crippen LogP) is 4.03. The molecule has 0 radical (unpaired) electrons. The number of unbranched alkanes of at least 4 members (excludes halogenated alkanes) is 1. The number of nitrogens with zero attached hydrogens (tertiary/aromatic N) is 5. The number of nitrogens with one attached hydrogen (secondary N) is 1. The number of ether oxygens (including phenoxy) is 2. The maximum absolute atomic E-state index is 13.7. The highest BCUT2D eigenvalue weighted by atomic mass is 16.6. The second-order valence-corrected chi connectivity index (χ2v) is 13.1. The van der Waals surface area contributed by atoms with E-state index in [2.05, 4.69) is 15.3 Å². The Bertz CT molecular complexity index is 1760. The van der Waals surface area contributed by atoms with E-state index in [-0.39, 0.29) is 69.0 Å². The quantitative estimate of drug-likeness (QED) is 0.248. The van der Waals surface area contributed by atoms with Gasteiger partial charge in [0.25, 0.3) is 11.8 Å². The number of aryl methyl sites for hydroxylation is 2. The summed E-state index contributed by atoms with van der Waals surface area (Å²) in [6, 6.07) is 7.71. The molecule has 14 heteroatoms. The average Bonchev–Trinajstić information content (AvgIpc) is 3.62. The van der Waals surface area contributed by atoms with E-state index in [0.717, 1.165) is 42.4 Å². The molecule has 2 saturated heterocycles. The van der Waals surface area contributed by atoms with Crippen molar-refractivity contribution in [3.8, 4) is 5.75 Å². The minimum Gasteiger partial charge on any atom is -0.483 e. The Morgan fingerprint density at radius 2 is 1.75 bits per heavy atom. The number of amides is 4. The third-order valence-electron chi connectivity index (χ3n) is 9.19. The molecule has 5 rings (SSSR count). The molecule has 4 amide bonds. The third-order valence-corrected chi connectivity index (χ3v) is 9.19. The Morgan fingerprint density at radius 1 is 0.980 bits per heavy atom. The number of carbonyl (C=O) groups excluding carboxylic acids is 4. The first-order chi connectivity index (χ1) is 24.5. The molecular formula is C37H46N6O8. The lowest BCUT2D eigenvalue weighted by atomic mass is 10.1. The van der Waals surface area contributed by atoms with Gasteiger partial charge in [-0.1, -0.05) is 25.5 Å². The molecular weight excluding hydrogens is 656 g/mol. The van der Waals surface area contributed by atoms with E-state index in [1.165, 1.54) is 15.9 Å². The number of hydrogen-bond acceptors (Lipinski definition) is 9. The van der Waals surface area contributed by atoms with Crippen molar-refractivity contribution in [1.82, 2.24) is 30.0 Å². The molecule has 0 bridgehead atoms. The van der Waals surface area contributed by atoms with Crippen molar-refractivity contribution >= 4 is 40.7 Å². The van der Waals surface area contributed by atoms with Gasteiger partial charge in [-0.2, -0.15) is 0 Å². The van der Waals surface area contributed by atoms with Crippen LogP contribution in [0.15, 0.2) is 42.7 Å². The topological polar surface area (TPSA) is 172 Å². The van der Waals surface area contributed by atoms with Gasteiger partial charge in [0.1, 0.15) is 17.5 Å². The van der Waals surface area contributed by atoms with E-state index in [1.807, 2.05) is 39.0 Å². The lowest BCUT2D eigenvalue weighted by molar-refractivity contribution is -0.138. The van der Waals surface area contributed by atoms with Crippen molar-refractivity contribution in [2.45, 2.75) is 71.4 Å². The Hall–Kier alpha value is -5.27. The van der Waals surface area contributed by atoms with Crippen LogP contribution in [-0.2, 0) is 19.1 Å². The highest BCUT2D eigenvalue weighted by molar-refractivity contribution is 5.99. The van der Waals surface area contributed by atoms with Gasteiger partial charge in [0.15, 0.2) is 6.61 Å². The molecule has 14 nitrogen and oxygen atoms in total. The second kappa shape index (κ2) is 17.1. The number of piperazine rings is 1. The van der Waals surface area contributed by atoms with Crippen LogP contribution in [0.2, 0.25) is 0 Å². The van der Waals surface area contributed by atoms with Gasteiger partial charge in [-0.3, -0.25) is 24.2 Å². The van der Waals surface area contributed by atoms with Gasteiger partial charge in [-0.15, -0.1) is 0 Å². The minimum absolute atomic E-state index is 0.0480. The van der Waals surface area contributed by atoms with Crippen LogP contribution in [0.4, 0.5) is 4.79 Å². The number of pyridine rings is 2. The number of carbonyl (C=O) groups is 5. The fourth-order valence-electron chi connectivity index (χ4n) is 6.42. The Labute approximate surface area is 297 Å². The predicted molar refractivity (Wildman–Crippen MR) is 187 cm³/mol. The van der Waals surface area contributed by atoms with Crippen LogP contribution in [0, 0.1) is 13.8 Å². The van der Waals surface area contributed by atoms with Crippen LogP contribution >= 0.6 is 0 Å². The number of fused-ring (bicyclic) bond motifs is 1. The highest BCUT2D eigenvalue weighted by Crippen LogP contribution is 2.33. The van der Waals surface area contributed by atoms with E-state index in [9.17, 15) is 29.1 Å². The molecule has 272 valence electrons. The molecule has 2 atom stereocenters. The summed E-state index contributed by atoms with van der Waals surface area (Å²) < 4.78 is 11.4. The molecule has 0 saturated carbocycles. The molecule has 2 aromatic heterocycles. The zero-order chi connectivity index (χ0) is 36.5. The van der Waals surface area contributed by atoms with Gasteiger partial charge in [-0.05, 0) is 68.4 Å². The molecule has 2 N–H and O–H groups in total. The van der Waals surface area contributed by atoms with Gasteiger partial charge in [0.05, 0.1) is 18.2 Å². The van der Waals surface area contributed by atoms with Crippen molar-refractivity contribution < 1.29 is 38.6 Å². The smallest absolute Gasteiger partial charge is 0.409 e. The van der Waals surface area contributed by atoms with Gasteiger partial charge < -0.3 is 34.6 Å². The molecule has 2 aliphatic heterocycles. The van der Waals surface area contributed by atoms with Crippen LogP contribution in [0.5, 0.6) is 5.75 Å². The number of rotatable bonds is 13. The van der Waals surface area contributed by atoms with Gasteiger partial charge in [-0.25, -0.2) is 9.78 Å². The van der Waals surface area contributed by atoms with Crippen LogP contribution in [0.3, 0.4) is 0 Å². The SMILES string of the molecule is CCCCOC(=O)N1CCN(C(=O)[C@H](CCC(=O)O)NC(=O)c2cc(OCC(=O)N3CCC[C@H]3c3cncc(C)c3)c3ccc(C)cc3n2)CC1. The first kappa shape index (κ1) is 37.0. The summed E-state index contributed by atoms with van der Waals surface area (Å²) in [4.78, 5) is 78.4. The normalized spacial score (nSPS) is 16.5. The van der Waals surface area contributed by atoms with E-state index < -0.39 is 29.9 Å². The summed E-state index contributed by atoms with van der Waals surface area (Å²) in [5, 5.41) is 12.7. The third kappa shape index (κ3) is 9.50. The number of aliphatic carboxylic acids is 1. The molecule has 0 aliphatic carbocycles. The second-order valence-electron chi connectivity index (χ2n) is 13.1. The van der Waals surface area contributed by atoms with Crippen molar-refractivity contribution in [1.29, 1.82) is 0 Å². The van der Waals surface area contributed by atoms with Gasteiger partial charge >= 0.3 is 12.1 Å². The lowest BCUT2D eigenvalue weighted by Crippen LogP contribution is -2.56. The summed E-state index contributed by atoms with van der Waals surface area (Å²) in [5.41, 5.74) is 3.30. The number of aromatic nitrogens is 2. The summed E-state index contributed by atoms with van der Waals surface area (Å²) in [5.74, 6) is -2.17. The molecule has 2 aliphatic rings. The van der Waals surface area contributed by atoms with Crippen LogP contribution in [0.25, 0.3) is 10.9 Å². The molecule has 51 heavy (non-hydrogen) atoms. The number of hydrogen-bond donors (Lipinski definition) is 2. The van der Waals surface area contributed by atoms with Crippen molar-refractivity contribution in [3.05, 3.63) is 65.1 Å². The van der Waals surface area contributed by atoms with Crippen LogP contribution in [-0.4, -0.2) is 112 Å².